The summed E-state index contributed by atoms with van der Waals surface area (Å²) in [5.41, 5.74) is 2.59. The fourth-order valence-electron chi connectivity index (χ4n) is 3.08. The number of allylic oxidation sites excluding steroid dienone is 1. The number of nitro groups is 1. The lowest BCUT2D eigenvalue weighted by Crippen LogP contribution is -2.15. The number of hydrogen-bond acceptors (Lipinski definition) is 7. The summed E-state index contributed by atoms with van der Waals surface area (Å²) < 4.78 is 7.92. The summed E-state index contributed by atoms with van der Waals surface area (Å²) in [6, 6.07) is 11.7. The monoisotopic (exact) mass is 467 g/mol. The van der Waals surface area contributed by atoms with E-state index < -0.39 is 4.92 Å². The van der Waals surface area contributed by atoms with Gasteiger partial charge in [0.25, 0.3) is 5.69 Å². The van der Waals surface area contributed by atoms with E-state index in [-0.39, 0.29) is 23.5 Å². The fourth-order valence-corrected chi connectivity index (χ4v) is 3.83. The third-order valence-electron chi connectivity index (χ3n) is 4.89. The Labute approximate surface area is 196 Å². The van der Waals surface area contributed by atoms with E-state index in [4.69, 9.17) is 4.74 Å². The molecule has 0 aliphatic carbocycles. The summed E-state index contributed by atoms with van der Waals surface area (Å²) in [4.78, 5) is 22.8. The van der Waals surface area contributed by atoms with Crippen LogP contribution in [0.4, 0.5) is 11.4 Å². The van der Waals surface area contributed by atoms with Crippen LogP contribution in [0.3, 0.4) is 0 Å². The minimum Gasteiger partial charge on any atom is -0.483 e. The molecule has 1 unspecified atom stereocenters. The SMILES string of the molecule is C=CCn1c(SCC(=O)Nc2cccc([N+](=O)[O-])c2)nnc1C(C)Oc1ccc(C)c(C)c1. The lowest BCUT2D eigenvalue weighted by atomic mass is 10.1. The molecule has 1 aromatic heterocycles. The molecular formula is C23H25N5O4S. The van der Waals surface area contributed by atoms with E-state index in [1.54, 1.807) is 12.1 Å². The van der Waals surface area contributed by atoms with Crippen molar-refractivity contribution in [2.24, 2.45) is 0 Å². The predicted octanol–water partition coefficient (Wildman–Crippen LogP) is 4.86. The Morgan fingerprint density at radius 3 is 2.76 bits per heavy atom. The van der Waals surface area contributed by atoms with Crippen molar-refractivity contribution in [2.75, 3.05) is 11.1 Å². The maximum Gasteiger partial charge on any atom is 0.271 e. The summed E-state index contributed by atoms with van der Waals surface area (Å²) >= 11 is 1.21. The quantitative estimate of drug-likeness (QED) is 0.196. The Hall–Kier alpha value is -3.66. The lowest BCUT2D eigenvalue weighted by molar-refractivity contribution is -0.384. The zero-order chi connectivity index (χ0) is 24.0. The van der Waals surface area contributed by atoms with Crippen LogP contribution >= 0.6 is 11.8 Å². The molecule has 1 atom stereocenters. The molecule has 0 spiro atoms. The van der Waals surface area contributed by atoms with Crippen LogP contribution in [0, 0.1) is 24.0 Å². The summed E-state index contributed by atoms with van der Waals surface area (Å²) in [5.74, 6) is 1.11. The van der Waals surface area contributed by atoms with E-state index in [0.29, 0.717) is 23.2 Å². The second-order valence-corrected chi connectivity index (χ2v) is 8.33. The number of nitrogens with one attached hydrogen (secondary N) is 1. The maximum atomic E-state index is 12.4. The zero-order valence-electron chi connectivity index (χ0n) is 18.6. The molecule has 0 bridgehead atoms. The number of amides is 1. The number of thioether (sulfide) groups is 1. The number of aryl methyl sites for hydroxylation is 2. The molecule has 9 nitrogen and oxygen atoms in total. The van der Waals surface area contributed by atoms with E-state index in [1.807, 2.05) is 43.5 Å². The molecule has 0 saturated heterocycles. The van der Waals surface area contributed by atoms with E-state index >= 15 is 0 Å². The molecule has 172 valence electrons. The first kappa shape index (κ1) is 24.0. The third kappa shape index (κ3) is 6.19. The van der Waals surface area contributed by atoms with Crippen LogP contribution in [0.25, 0.3) is 0 Å². The van der Waals surface area contributed by atoms with Crippen LogP contribution in [0.2, 0.25) is 0 Å². The number of hydrogen-bond donors (Lipinski definition) is 1. The van der Waals surface area contributed by atoms with Crippen molar-refractivity contribution in [3.63, 3.8) is 0 Å². The van der Waals surface area contributed by atoms with Crippen molar-refractivity contribution in [1.82, 2.24) is 14.8 Å². The van der Waals surface area contributed by atoms with Gasteiger partial charge >= 0.3 is 0 Å². The standard InChI is InChI=1S/C23H25N5O4S/c1-5-11-27-22(17(4)32-20-10-9-15(2)16(3)12-20)25-26-23(27)33-14-21(29)24-18-7-6-8-19(13-18)28(30)31/h5-10,12-13,17H,1,11,14H2,2-4H3,(H,24,29). The molecule has 2 aromatic carbocycles. The van der Waals surface area contributed by atoms with E-state index in [9.17, 15) is 14.9 Å². The van der Waals surface area contributed by atoms with Gasteiger partial charge in [0.15, 0.2) is 17.1 Å². The average molecular weight is 468 g/mol. The number of carbonyl (C=O) groups is 1. The number of rotatable bonds is 10. The van der Waals surface area contributed by atoms with Gasteiger partial charge in [0, 0.05) is 24.4 Å². The van der Waals surface area contributed by atoms with Gasteiger partial charge in [-0.2, -0.15) is 0 Å². The Bertz CT molecular complexity index is 1180. The van der Waals surface area contributed by atoms with Gasteiger partial charge < -0.3 is 10.1 Å². The zero-order valence-corrected chi connectivity index (χ0v) is 19.5. The molecule has 33 heavy (non-hydrogen) atoms. The topological polar surface area (TPSA) is 112 Å². The number of anilines is 1. The van der Waals surface area contributed by atoms with Crippen LogP contribution in [0.5, 0.6) is 5.75 Å². The van der Waals surface area contributed by atoms with E-state index in [0.717, 1.165) is 11.3 Å². The summed E-state index contributed by atoms with van der Waals surface area (Å²) in [6.45, 7) is 10.2. The van der Waals surface area contributed by atoms with Crippen LogP contribution < -0.4 is 10.1 Å². The Kier molecular flexibility index (Phi) is 7.83. The van der Waals surface area contributed by atoms with E-state index in [2.05, 4.69) is 22.1 Å². The first-order chi connectivity index (χ1) is 15.8. The predicted molar refractivity (Wildman–Crippen MR) is 128 cm³/mol. The van der Waals surface area contributed by atoms with Gasteiger partial charge in [-0.3, -0.25) is 19.5 Å². The van der Waals surface area contributed by atoms with Crippen LogP contribution in [-0.4, -0.2) is 31.3 Å². The highest BCUT2D eigenvalue weighted by Crippen LogP contribution is 2.26. The summed E-state index contributed by atoms with van der Waals surface area (Å²) in [7, 11) is 0. The molecule has 1 amide bonds. The fraction of sp³-hybridized carbons (Fsp3) is 0.261. The number of non-ortho nitro benzene ring substituents is 1. The minimum absolute atomic E-state index is 0.0599. The van der Waals surface area contributed by atoms with Crippen molar-refractivity contribution in [1.29, 1.82) is 0 Å². The second kappa shape index (κ2) is 10.8. The van der Waals surface area contributed by atoms with Gasteiger partial charge in [-0.1, -0.05) is 30.0 Å². The van der Waals surface area contributed by atoms with Gasteiger partial charge in [0.05, 0.1) is 10.7 Å². The van der Waals surface area contributed by atoms with Crippen LogP contribution in [0.15, 0.2) is 60.3 Å². The Morgan fingerprint density at radius 2 is 2.06 bits per heavy atom. The molecular weight excluding hydrogens is 442 g/mol. The highest BCUT2D eigenvalue weighted by Gasteiger charge is 2.20. The number of carbonyl (C=O) groups excluding carboxylic acids is 1. The molecule has 0 saturated carbocycles. The number of nitrogens with zero attached hydrogens (tertiary/aromatic N) is 4. The van der Waals surface area contributed by atoms with Crippen molar-refractivity contribution in [3.05, 3.63) is 82.2 Å². The number of nitro benzene ring substituents is 1. The number of aromatic nitrogens is 3. The van der Waals surface area contributed by atoms with Gasteiger partial charge in [0.1, 0.15) is 5.75 Å². The first-order valence-corrected chi connectivity index (χ1v) is 11.2. The molecule has 0 aliphatic heterocycles. The second-order valence-electron chi connectivity index (χ2n) is 7.39. The lowest BCUT2D eigenvalue weighted by Gasteiger charge is -2.16. The smallest absolute Gasteiger partial charge is 0.271 e. The van der Waals surface area contributed by atoms with Gasteiger partial charge in [-0.05, 0) is 50.1 Å². The molecule has 10 heteroatoms. The maximum absolute atomic E-state index is 12.4. The minimum atomic E-state index is -0.509. The molecule has 0 aliphatic rings. The van der Waals surface area contributed by atoms with Crippen LogP contribution in [0.1, 0.15) is 30.0 Å². The molecule has 3 aromatic rings. The highest BCUT2D eigenvalue weighted by atomic mass is 32.2. The van der Waals surface area contributed by atoms with Crippen molar-refractivity contribution < 1.29 is 14.5 Å². The highest BCUT2D eigenvalue weighted by molar-refractivity contribution is 7.99. The van der Waals surface area contributed by atoms with Gasteiger partial charge in [-0.15, -0.1) is 16.8 Å². The van der Waals surface area contributed by atoms with Crippen molar-refractivity contribution >= 4 is 29.0 Å². The molecule has 3 rings (SSSR count). The molecule has 1 heterocycles. The van der Waals surface area contributed by atoms with Crippen LogP contribution in [-0.2, 0) is 11.3 Å². The van der Waals surface area contributed by atoms with E-state index in [1.165, 1.54) is 35.5 Å². The Morgan fingerprint density at radius 1 is 1.27 bits per heavy atom. The molecule has 0 radical (unpaired) electrons. The van der Waals surface area contributed by atoms with Crippen molar-refractivity contribution in [2.45, 2.75) is 38.6 Å². The average Bonchev–Trinajstić information content (AvgIpc) is 3.18. The first-order valence-electron chi connectivity index (χ1n) is 10.2. The molecule has 0 fully saturated rings. The van der Waals surface area contributed by atoms with Crippen molar-refractivity contribution in [3.8, 4) is 5.75 Å². The van der Waals surface area contributed by atoms with Gasteiger partial charge in [-0.25, -0.2) is 0 Å². The van der Waals surface area contributed by atoms with Gasteiger partial charge in [0.2, 0.25) is 5.91 Å². The summed E-state index contributed by atoms with van der Waals surface area (Å²) in [6.07, 6.45) is 1.36. The molecule has 1 N–H and O–H groups in total. The Balaban J connectivity index is 1.67. The largest absolute Gasteiger partial charge is 0.483 e. The number of benzene rings is 2. The third-order valence-corrected chi connectivity index (χ3v) is 5.85. The normalized spacial score (nSPS) is 11.6. The summed E-state index contributed by atoms with van der Waals surface area (Å²) in [5, 5.41) is 22.6. The number of ether oxygens (including phenoxy) is 1.